The van der Waals surface area contributed by atoms with Crippen LogP contribution in [0, 0.1) is 13.8 Å². The summed E-state index contributed by atoms with van der Waals surface area (Å²) in [4.78, 5) is 4.68. The number of ether oxygens (including phenoxy) is 4. The summed E-state index contributed by atoms with van der Waals surface area (Å²) in [6.07, 6.45) is -0.590. The van der Waals surface area contributed by atoms with Crippen molar-refractivity contribution in [3.05, 3.63) is 41.5 Å². The van der Waals surface area contributed by atoms with E-state index in [4.69, 9.17) is 18.9 Å². The molecule has 0 amide bonds. The summed E-state index contributed by atoms with van der Waals surface area (Å²) in [7, 11) is 4.69. The SMILES string of the molecule is COc1cc(OCC(O)CN2CCN(c3ccc(C)c(C)c3)CC2)cc(OC)c1OC.Cl. The van der Waals surface area contributed by atoms with Gasteiger partial charge in [-0.1, -0.05) is 6.07 Å². The van der Waals surface area contributed by atoms with Gasteiger partial charge in [-0.05, 0) is 37.1 Å². The van der Waals surface area contributed by atoms with Crippen molar-refractivity contribution >= 4 is 18.1 Å². The Kier molecular flexibility index (Phi) is 9.75. The van der Waals surface area contributed by atoms with Gasteiger partial charge in [0.25, 0.3) is 0 Å². The van der Waals surface area contributed by atoms with Crippen molar-refractivity contribution in [3.63, 3.8) is 0 Å². The standard InChI is InChI=1S/C24H34N2O5.ClH/c1-17-6-7-19(12-18(17)2)26-10-8-25(9-11-26)15-20(27)16-31-21-13-22(28-3)24(30-5)23(14-21)29-4;/h6-7,12-14,20,27H,8-11,15-16H2,1-5H3;1H. The molecule has 1 unspecified atom stereocenters. The number of aliphatic hydroxyl groups is 1. The molecular formula is C24H35ClN2O5. The van der Waals surface area contributed by atoms with E-state index in [-0.39, 0.29) is 19.0 Å². The van der Waals surface area contributed by atoms with Gasteiger partial charge in [0.1, 0.15) is 18.5 Å². The molecule has 0 aliphatic carbocycles. The Balaban J connectivity index is 0.00000363. The quantitative estimate of drug-likeness (QED) is 0.608. The van der Waals surface area contributed by atoms with Crippen molar-refractivity contribution in [2.24, 2.45) is 0 Å². The molecule has 1 heterocycles. The first kappa shape index (κ1) is 25.9. The maximum Gasteiger partial charge on any atom is 0.203 e. The van der Waals surface area contributed by atoms with E-state index in [2.05, 4.69) is 41.8 Å². The maximum absolute atomic E-state index is 10.5. The molecule has 32 heavy (non-hydrogen) atoms. The van der Waals surface area contributed by atoms with E-state index in [0.717, 1.165) is 26.2 Å². The summed E-state index contributed by atoms with van der Waals surface area (Å²) in [5.74, 6) is 2.12. The maximum atomic E-state index is 10.5. The van der Waals surface area contributed by atoms with Gasteiger partial charge in [0.05, 0.1) is 21.3 Å². The molecule has 1 aliphatic heterocycles. The van der Waals surface area contributed by atoms with Crippen LogP contribution in [0.15, 0.2) is 30.3 Å². The molecule has 8 heteroatoms. The zero-order chi connectivity index (χ0) is 22.4. The third kappa shape index (κ3) is 6.34. The highest BCUT2D eigenvalue weighted by atomic mass is 35.5. The Morgan fingerprint density at radius 3 is 2.03 bits per heavy atom. The molecule has 0 aromatic heterocycles. The van der Waals surface area contributed by atoms with Crippen molar-refractivity contribution in [1.29, 1.82) is 0 Å². The summed E-state index contributed by atoms with van der Waals surface area (Å²) < 4.78 is 21.8. The molecule has 2 aromatic rings. The molecule has 0 saturated carbocycles. The Bertz CT molecular complexity index is 846. The third-order valence-electron chi connectivity index (χ3n) is 5.78. The van der Waals surface area contributed by atoms with Crippen LogP contribution in [0.3, 0.4) is 0 Å². The highest BCUT2D eigenvalue weighted by molar-refractivity contribution is 5.85. The van der Waals surface area contributed by atoms with Crippen LogP contribution in [0.2, 0.25) is 0 Å². The Hall–Kier alpha value is -2.35. The predicted octanol–water partition coefficient (Wildman–Crippen LogP) is 3.31. The molecule has 178 valence electrons. The highest BCUT2D eigenvalue weighted by Gasteiger charge is 2.21. The van der Waals surface area contributed by atoms with Gasteiger partial charge < -0.3 is 29.0 Å². The van der Waals surface area contributed by atoms with Gasteiger partial charge in [0.2, 0.25) is 5.75 Å². The van der Waals surface area contributed by atoms with Gasteiger partial charge in [-0.3, -0.25) is 4.90 Å². The van der Waals surface area contributed by atoms with Crippen LogP contribution in [0.1, 0.15) is 11.1 Å². The summed E-state index contributed by atoms with van der Waals surface area (Å²) in [6.45, 7) is 8.77. The molecule has 1 atom stereocenters. The van der Waals surface area contributed by atoms with Crippen molar-refractivity contribution in [1.82, 2.24) is 4.90 Å². The Morgan fingerprint density at radius 1 is 0.875 bits per heavy atom. The molecule has 1 saturated heterocycles. The molecule has 0 radical (unpaired) electrons. The number of nitrogens with zero attached hydrogens (tertiary/aromatic N) is 2. The number of hydrogen-bond acceptors (Lipinski definition) is 7. The largest absolute Gasteiger partial charge is 0.493 e. The summed E-state index contributed by atoms with van der Waals surface area (Å²) >= 11 is 0. The van der Waals surface area contributed by atoms with Crippen LogP contribution in [0.4, 0.5) is 5.69 Å². The fourth-order valence-corrected chi connectivity index (χ4v) is 3.79. The minimum atomic E-state index is -0.590. The summed E-state index contributed by atoms with van der Waals surface area (Å²) in [5.41, 5.74) is 3.91. The first-order chi connectivity index (χ1) is 14.9. The van der Waals surface area contributed by atoms with Gasteiger partial charge in [0, 0.05) is 50.5 Å². The lowest BCUT2D eigenvalue weighted by atomic mass is 10.1. The average Bonchev–Trinajstić information content (AvgIpc) is 2.79. The van der Waals surface area contributed by atoms with Crippen molar-refractivity contribution in [2.45, 2.75) is 20.0 Å². The van der Waals surface area contributed by atoms with Crippen LogP contribution in [0.5, 0.6) is 23.0 Å². The molecule has 1 aliphatic rings. The first-order valence-corrected chi connectivity index (χ1v) is 10.6. The number of halogens is 1. The zero-order valence-corrected chi connectivity index (χ0v) is 20.4. The minimum absolute atomic E-state index is 0. The number of β-amino-alcohol motifs (C(OH)–C–C–N with tert-alkyl or cyclic N) is 1. The normalized spacial score (nSPS) is 15.0. The molecule has 2 aromatic carbocycles. The highest BCUT2D eigenvalue weighted by Crippen LogP contribution is 2.40. The molecule has 0 bridgehead atoms. The van der Waals surface area contributed by atoms with Crippen LogP contribution >= 0.6 is 12.4 Å². The number of anilines is 1. The second-order valence-electron chi connectivity index (χ2n) is 7.88. The number of benzene rings is 2. The lowest BCUT2D eigenvalue weighted by molar-refractivity contribution is 0.0661. The van der Waals surface area contributed by atoms with E-state index in [0.29, 0.717) is 29.5 Å². The summed E-state index contributed by atoms with van der Waals surface area (Å²) in [6, 6.07) is 10.1. The van der Waals surface area contributed by atoms with E-state index in [1.165, 1.54) is 16.8 Å². The predicted molar refractivity (Wildman–Crippen MR) is 129 cm³/mol. The zero-order valence-electron chi connectivity index (χ0n) is 19.6. The van der Waals surface area contributed by atoms with Crippen LogP contribution in [-0.2, 0) is 0 Å². The fraction of sp³-hybridized carbons (Fsp3) is 0.500. The molecule has 3 rings (SSSR count). The number of methoxy groups -OCH3 is 3. The average molecular weight is 467 g/mol. The van der Waals surface area contributed by atoms with E-state index in [1.54, 1.807) is 33.5 Å². The molecule has 0 spiro atoms. The van der Waals surface area contributed by atoms with E-state index >= 15 is 0 Å². The topological polar surface area (TPSA) is 63.6 Å². The van der Waals surface area contributed by atoms with Crippen LogP contribution < -0.4 is 23.8 Å². The van der Waals surface area contributed by atoms with Crippen molar-refractivity contribution in [2.75, 3.05) is 65.6 Å². The number of aliphatic hydroxyl groups excluding tert-OH is 1. The Labute approximate surface area is 197 Å². The van der Waals surface area contributed by atoms with Crippen molar-refractivity contribution in [3.8, 4) is 23.0 Å². The van der Waals surface area contributed by atoms with Gasteiger partial charge in [0.15, 0.2) is 11.5 Å². The monoisotopic (exact) mass is 466 g/mol. The smallest absolute Gasteiger partial charge is 0.203 e. The van der Waals surface area contributed by atoms with Crippen LogP contribution in [0.25, 0.3) is 0 Å². The van der Waals surface area contributed by atoms with Gasteiger partial charge >= 0.3 is 0 Å². The fourth-order valence-electron chi connectivity index (χ4n) is 3.79. The number of piperazine rings is 1. The molecule has 1 fully saturated rings. The van der Waals surface area contributed by atoms with Gasteiger partial charge in [-0.2, -0.15) is 0 Å². The lowest BCUT2D eigenvalue weighted by Gasteiger charge is -2.37. The third-order valence-corrected chi connectivity index (χ3v) is 5.78. The summed E-state index contributed by atoms with van der Waals surface area (Å²) in [5, 5.41) is 10.5. The second kappa shape index (κ2) is 12.0. The van der Waals surface area contributed by atoms with E-state index in [1.807, 2.05) is 0 Å². The Morgan fingerprint density at radius 2 is 1.50 bits per heavy atom. The molecular weight excluding hydrogens is 432 g/mol. The number of hydrogen-bond donors (Lipinski definition) is 1. The molecule has 1 N–H and O–H groups in total. The lowest BCUT2D eigenvalue weighted by Crippen LogP contribution is -2.49. The minimum Gasteiger partial charge on any atom is -0.493 e. The van der Waals surface area contributed by atoms with E-state index in [9.17, 15) is 5.11 Å². The molecule has 7 nitrogen and oxygen atoms in total. The first-order valence-electron chi connectivity index (χ1n) is 10.6. The van der Waals surface area contributed by atoms with E-state index < -0.39 is 6.10 Å². The van der Waals surface area contributed by atoms with Gasteiger partial charge in [-0.25, -0.2) is 0 Å². The number of rotatable bonds is 9. The number of aryl methyl sites for hydroxylation is 2. The van der Waals surface area contributed by atoms with Gasteiger partial charge in [-0.15, -0.1) is 12.4 Å². The van der Waals surface area contributed by atoms with Crippen molar-refractivity contribution < 1.29 is 24.1 Å². The second-order valence-corrected chi connectivity index (χ2v) is 7.88. The van der Waals surface area contributed by atoms with Crippen LogP contribution in [-0.4, -0.2) is 76.8 Å².